The first kappa shape index (κ1) is 23.4. The minimum Gasteiger partial charge on any atom is -0.496 e. The fraction of sp³-hybridized carbons (Fsp3) is 0.190. The zero-order valence-corrected chi connectivity index (χ0v) is 18.2. The zero-order chi connectivity index (χ0) is 23.0. The molecule has 0 saturated carbocycles. The minimum absolute atomic E-state index is 0.187. The number of carbonyl (C=O) groups excluding carboxylic acids is 1. The van der Waals surface area contributed by atoms with E-state index in [2.05, 4.69) is 10.0 Å². The highest BCUT2D eigenvalue weighted by Gasteiger charge is 2.14. The summed E-state index contributed by atoms with van der Waals surface area (Å²) in [6.45, 7) is 0. The van der Waals surface area contributed by atoms with Gasteiger partial charge in [-0.25, -0.2) is 8.42 Å². The summed E-state index contributed by atoms with van der Waals surface area (Å²) in [6, 6.07) is 7.56. The molecule has 10 heteroatoms. The first-order valence-corrected chi connectivity index (χ1v) is 10.3. The summed E-state index contributed by atoms with van der Waals surface area (Å²) in [5.41, 5.74) is 0.812. The molecule has 2 aromatic carbocycles. The number of sulfonamides is 1. The monoisotopic (exact) mass is 446 g/mol. The Bertz CT molecular complexity index is 1110. The van der Waals surface area contributed by atoms with E-state index in [1.807, 2.05) is 5.92 Å². The first-order chi connectivity index (χ1) is 14.8. The molecule has 0 bridgehead atoms. The fourth-order valence-corrected chi connectivity index (χ4v) is 3.42. The number of benzene rings is 2. The lowest BCUT2D eigenvalue weighted by atomic mass is 10.1. The van der Waals surface area contributed by atoms with Crippen LogP contribution in [-0.2, 0) is 14.8 Å². The Balaban J connectivity index is 2.34. The van der Waals surface area contributed by atoms with Crippen molar-refractivity contribution in [3.63, 3.8) is 0 Å². The second-order valence-electron chi connectivity index (χ2n) is 5.91. The van der Waals surface area contributed by atoms with Crippen LogP contribution in [0.3, 0.4) is 0 Å². The van der Waals surface area contributed by atoms with Crippen LogP contribution >= 0.6 is 0 Å². The molecule has 2 aromatic rings. The Hall–Kier alpha value is -3.84. The minimum atomic E-state index is -3.94. The molecule has 2 N–H and O–H groups in total. The van der Waals surface area contributed by atoms with Crippen molar-refractivity contribution in [3.05, 3.63) is 41.3 Å². The zero-order valence-electron chi connectivity index (χ0n) is 17.4. The lowest BCUT2D eigenvalue weighted by Gasteiger charge is -2.13. The van der Waals surface area contributed by atoms with Gasteiger partial charge in [-0.1, -0.05) is 0 Å². The van der Waals surface area contributed by atoms with Crippen molar-refractivity contribution in [2.75, 3.05) is 38.5 Å². The van der Waals surface area contributed by atoms with Crippen molar-refractivity contribution in [2.24, 2.45) is 0 Å². The van der Waals surface area contributed by atoms with Gasteiger partial charge >= 0.3 is 0 Å². The smallest absolute Gasteiger partial charge is 0.300 e. The van der Waals surface area contributed by atoms with Crippen LogP contribution < -0.4 is 29.0 Å². The predicted octanol–water partition coefficient (Wildman–Crippen LogP) is 2.71. The summed E-state index contributed by atoms with van der Waals surface area (Å²) in [6.07, 6.45) is 6.40. The van der Waals surface area contributed by atoms with E-state index in [1.165, 1.54) is 52.7 Å². The van der Waals surface area contributed by atoms with E-state index in [0.717, 1.165) is 5.41 Å². The normalized spacial score (nSPS) is 10.8. The van der Waals surface area contributed by atoms with E-state index in [9.17, 15) is 13.2 Å². The summed E-state index contributed by atoms with van der Waals surface area (Å²) < 4.78 is 48.5. The third kappa shape index (κ3) is 6.07. The summed E-state index contributed by atoms with van der Waals surface area (Å²) >= 11 is 0. The van der Waals surface area contributed by atoms with E-state index in [0.29, 0.717) is 28.6 Å². The van der Waals surface area contributed by atoms with Gasteiger partial charge in [0.05, 0.1) is 50.8 Å². The van der Waals surface area contributed by atoms with Gasteiger partial charge in [0.15, 0.2) is 0 Å². The summed E-state index contributed by atoms with van der Waals surface area (Å²) in [7, 11) is 1.86. The molecule has 0 saturated heterocycles. The van der Waals surface area contributed by atoms with Crippen LogP contribution in [0.5, 0.6) is 23.0 Å². The highest BCUT2D eigenvalue weighted by atomic mass is 32.2. The molecular formula is C21H22N2O7S. The number of hydrogen-bond acceptors (Lipinski definition) is 7. The predicted molar refractivity (Wildman–Crippen MR) is 118 cm³/mol. The standard InChI is InChI=1S/C21H22N2O7S/c1-6-21(24)22-17-11-14(7-8-18(17)28-3)23-31(25,26)10-9-16-19(29-4)12-15(27-2)13-20(16)30-5/h1,7-13,23H,2-5H3,(H,22,24). The largest absolute Gasteiger partial charge is 0.496 e. The van der Waals surface area contributed by atoms with Crippen LogP contribution in [0.25, 0.3) is 6.08 Å². The molecule has 0 atom stereocenters. The van der Waals surface area contributed by atoms with Crippen LogP contribution in [0.4, 0.5) is 11.4 Å². The maximum absolute atomic E-state index is 12.6. The summed E-state index contributed by atoms with van der Waals surface area (Å²) in [5.74, 6) is 2.76. The van der Waals surface area contributed by atoms with E-state index < -0.39 is 15.9 Å². The van der Waals surface area contributed by atoms with Crippen LogP contribution in [0, 0.1) is 12.3 Å². The summed E-state index contributed by atoms with van der Waals surface area (Å²) in [4.78, 5) is 11.5. The maximum atomic E-state index is 12.6. The number of carbonyl (C=O) groups is 1. The lowest BCUT2D eigenvalue weighted by Crippen LogP contribution is -2.12. The molecule has 1 amide bonds. The Morgan fingerprint density at radius 1 is 0.968 bits per heavy atom. The molecule has 0 spiro atoms. The Labute approximate surface area is 181 Å². The highest BCUT2D eigenvalue weighted by molar-refractivity contribution is 7.95. The van der Waals surface area contributed by atoms with E-state index >= 15 is 0 Å². The van der Waals surface area contributed by atoms with Gasteiger partial charge in [-0.05, 0) is 30.2 Å². The number of ether oxygens (including phenoxy) is 4. The fourth-order valence-electron chi connectivity index (χ4n) is 2.58. The third-order valence-electron chi connectivity index (χ3n) is 4.01. The van der Waals surface area contributed by atoms with E-state index in [-0.39, 0.29) is 11.4 Å². The third-order valence-corrected chi connectivity index (χ3v) is 5.02. The number of methoxy groups -OCH3 is 4. The molecule has 0 unspecified atom stereocenters. The number of hydrogen-bond donors (Lipinski definition) is 2. The van der Waals surface area contributed by atoms with Crippen molar-refractivity contribution >= 4 is 33.4 Å². The van der Waals surface area contributed by atoms with Gasteiger partial charge in [0, 0.05) is 12.1 Å². The second-order valence-corrected chi connectivity index (χ2v) is 7.48. The van der Waals surface area contributed by atoms with Crippen molar-refractivity contribution in [3.8, 4) is 35.3 Å². The number of nitrogens with one attached hydrogen (secondary N) is 2. The van der Waals surface area contributed by atoms with Gasteiger partial charge in [-0.15, -0.1) is 6.42 Å². The molecule has 9 nitrogen and oxygen atoms in total. The van der Waals surface area contributed by atoms with Crippen molar-refractivity contribution in [2.45, 2.75) is 0 Å². The molecule has 0 aromatic heterocycles. The number of amides is 1. The van der Waals surface area contributed by atoms with Crippen molar-refractivity contribution in [1.29, 1.82) is 0 Å². The molecule has 2 rings (SSSR count). The van der Waals surface area contributed by atoms with Gasteiger partial charge < -0.3 is 24.3 Å². The van der Waals surface area contributed by atoms with E-state index in [1.54, 1.807) is 12.1 Å². The van der Waals surface area contributed by atoms with Crippen LogP contribution in [0.15, 0.2) is 35.7 Å². The molecule has 31 heavy (non-hydrogen) atoms. The molecule has 164 valence electrons. The van der Waals surface area contributed by atoms with Gasteiger partial charge in [0.2, 0.25) is 0 Å². The Morgan fingerprint density at radius 2 is 1.58 bits per heavy atom. The molecule has 0 aliphatic rings. The second kappa shape index (κ2) is 10.3. The SMILES string of the molecule is C#CC(=O)Nc1cc(NS(=O)(=O)C=Cc2c(OC)cc(OC)cc2OC)ccc1OC. The number of anilines is 2. The van der Waals surface area contributed by atoms with Gasteiger partial charge in [0.1, 0.15) is 23.0 Å². The van der Waals surface area contributed by atoms with E-state index in [4.69, 9.17) is 25.4 Å². The molecule has 0 aliphatic heterocycles. The number of terminal acetylenes is 1. The molecule has 0 fully saturated rings. The summed E-state index contributed by atoms with van der Waals surface area (Å²) in [5, 5.41) is 3.40. The first-order valence-electron chi connectivity index (χ1n) is 8.73. The number of rotatable bonds is 9. The molecular weight excluding hydrogens is 424 g/mol. The van der Waals surface area contributed by atoms with Crippen LogP contribution in [-0.4, -0.2) is 42.8 Å². The van der Waals surface area contributed by atoms with Crippen LogP contribution in [0.2, 0.25) is 0 Å². The Morgan fingerprint density at radius 3 is 2.10 bits per heavy atom. The maximum Gasteiger partial charge on any atom is 0.300 e. The average molecular weight is 446 g/mol. The highest BCUT2D eigenvalue weighted by Crippen LogP contribution is 2.35. The lowest BCUT2D eigenvalue weighted by molar-refractivity contribution is -0.111. The molecule has 0 heterocycles. The topological polar surface area (TPSA) is 112 Å². The Kier molecular flexibility index (Phi) is 7.76. The molecule has 0 radical (unpaired) electrons. The van der Waals surface area contributed by atoms with Crippen LogP contribution in [0.1, 0.15) is 5.56 Å². The van der Waals surface area contributed by atoms with Gasteiger partial charge in [0.25, 0.3) is 15.9 Å². The average Bonchev–Trinajstić information content (AvgIpc) is 2.76. The van der Waals surface area contributed by atoms with Gasteiger partial charge in [-0.2, -0.15) is 0 Å². The van der Waals surface area contributed by atoms with Crippen molar-refractivity contribution in [1.82, 2.24) is 0 Å². The molecule has 0 aliphatic carbocycles. The van der Waals surface area contributed by atoms with Gasteiger partial charge in [-0.3, -0.25) is 9.52 Å². The van der Waals surface area contributed by atoms with Crippen molar-refractivity contribution < 1.29 is 32.2 Å². The quantitative estimate of drug-likeness (QED) is 0.570.